The van der Waals surface area contributed by atoms with Gasteiger partial charge in [-0.1, -0.05) is 12.1 Å². The number of carbonyl (C=O) groups is 1. The Balaban J connectivity index is 0.00000196. The van der Waals surface area contributed by atoms with Crippen LogP contribution in [-0.2, 0) is 4.79 Å². The Bertz CT molecular complexity index is 313. The van der Waals surface area contributed by atoms with E-state index in [-0.39, 0.29) is 18.8 Å². The normalized spacial score (nSPS) is 11.3. The Morgan fingerprint density at radius 3 is 2.40 bits per heavy atom. The molecular formula is C10H14ClNO3. The van der Waals surface area contributed by atoms with Crippen molar-refractivity contribution in [2.75, 3.05) is 7.11 Å². The second-order valence-corrected chi connectivity index (χ2v) is 2.98. The van der Waals surface area contributed by atoms with Crippen LogP contribution in [0.3, 0.4) is 0 Å². The molecule has 1 aromatic rings. The first-order chi connectivity index (χ1) is 6.63. The molecule has 1 atom stereocenters. The van der Waals surface area contributed by atoms with E-state index in [1.165, 1.54) is 0 Å². The van der Waals surface area contributed by atoms with E-state index in [2.05, 4.69) is 0 Å². The van der Waals surface area contributed by atoms with Gasteiger partial charge in [-0.2, -0.15) is 0 Å². The molecule has 0 aromatic heterocycles. The van der Waals surface area contributed by atoms with Gasteiger partial charge in [-0.25, -0.2) is 0 Å². The molecule has 0 amide bonds. The van der Waals surface area contributed by atoms with Gasteiger partial charge < -0.3 is 15.6 Å². The third kappa shape index (κ3) is 4.18. The standard InChI is InChI=1S/C10H13NO3.ClH/c1-14-8-4-2-7(3-5-8)9(11)6-10(12)13;/h2-5,9H,6,11H2,1H3,(H,12,13);1H/t9-;/m1./s1. The van der Waals surface area contributed by atoms with E-state index < -0.39 is 12.0 Å². The van der Waals surface area contributed by atoms with Gasteiger partial charge in [0.05, 0.1) is 13.5 Å². The number of aliphatic carboxylic acids is 1. The molecule has 0 saturated carbocycles. The minimum atomic E-state index is -0.895. The third-order valence-electron chi connectivity index (χ3n) is 1.94. The minimum absolute atomic E-state index is 0. The summed E-state index contributed by atoms with van der Waals surface area (Å²) >= 11 is 0. The molecule has 0 bridgehead atoms. The van der Waals surface area contributed by atoms with E-state index in [0.717, 1.165) is 11.3 Å². The van der Waals surface area contributed by atoms with Crippen LogP contribution >= 0.6 is 12.4 Å². The van der Waals surface area contributed by atoms with E-state index >= 15 is 0 Å². The van der Waals surface area contributed by atoms with Gasteiger partial charge in [0.1, 0.15) is 5.75 Å². The van der Waals surface area contributed by atoms with Crippen LogP contribution in [0.1, 0.15) is 18.0 Å². The molecule has 1 aromatic carbocycles. The molecule has 15 heavy (non-hydrogen) atoms. The van der Waals surface area contributed by atoms with Crippen LogP contribution < -0.4 is 10.5 Å². The lowest BCUT2D eigenvalue weighted by molar-refractivity contribution is -0.137. The zero-order chi connectivity index (χ0) is 10.6. The smallest absolute Gasteiger partial charge is 0.305 e. The van der Waals surface area contributed by atoms with Gasteiger partial charge in [-0.3, -0.25) is 4.79 Å². The SMILES string of the molecule is COc1ccc([C@H](N)CC(=O)O)cc1.Cl. The van der Waals surface area contributed by atoms with Crippen LogP contribution in [-0.4, -0.2) is 18.2 Å². The third-order valence-corrected chi connectivity index (χ3v) is 1.94. The van der Waals surface area contributed by atoms with Crippen molar-refractivity contribution in [2.24, 2.45) is 5.73 Å². The van der Waals surface area contributed by atoms with Crippen molar-refractivity contribution >= 4 is 18.4 Å². The summed E-state index contributed by atoms with van der Waals surface area (Å²) in [5.41, 5.74) is 6.47. The Kier molecular flexibility index (Phi) is 5.74. The molecule has 0 saturated heterocycles. The molecule has 0 aliphatic carbocycles. The summed E-state index contributed by atoms with van der Waals surface area (Å²) in [4.78, 5) is 10.4. The molecule has 0 aliphatic heterocycles. The van der Waals surface area contributed by atoms with Crippen LogP contribution in [0.5, 0.6) is 5.75 Å². The maximum atomic E-state index is 10.4. The monoisotopic (exact) mass is 231 g/mol. The number of rotatable bonds is 4. The van der Waals surface area contributed by atoms with Crippen molar-refractivity contribution < 1.29 is 14.6 Å². The van der Waals surface area contributed by atoms with Crippen molar-refractivity contribution in [1.29, 1.82) is 0 Å². The summed E-state index contributed by atoms with van der Waals surface area (Å²) in [6.07, 6.45) is -0.0632. The average molecular weight is 232 g/mol. The predicted molar refractivity (Wildman–Crippen MR) is 59.4 cm³/mol. The molecule has 4 nitrogen and oxygen atoms in total. The quantitative estimate of drug-likeness (QED) is 0.826. The number of methoxy groups -OCH3 is 1. The average Bonchev–Trinajstić information content (AvgIpc) is 2.17. The Labute approximate surface area is 94.5 Å². The molecule has 5 heteroatoms. The molecule has 1 rings (SSSR count). The highest BCUT2D eigenvalue weighted by Crippen LogP contribution is 2.17. The number of ether oxygens (including phenoxy) is 1. The highest BCUT2D eigenvalue weighted by molar-refractivity contribution is 5.85. The number of hydrogen-bond acceptors (Lipinski definition) is 3. The Morgan fingerprint density at radius 1 is 1.47 bits per heavy atom. The summed E-state index contributed by atoms with van der Waals surface area (Å²) in [5.74, 6) is -0.162. The van der Waals surface area contributed by atoms with Gasteiger partial charge in [0.2, 0.25) is 0 Å². The van der Waals surface area contributed by atoms with Crippen LogP contribution in [0.25, 0.3) is 0 Å². The summed E-state index contributed by atoms with van der Waals surface area (Å²) < 4.78 is 4.97. The topological polar surface area (TPSA) is 72.5 Å². The first-order valence-electron chi connectivity index (χ1n) is 4.25. The van der Waals surface area contributed by atoms with Crippen LogP contribution in [0, 0.1) is 0 Å². The van der Waals surface area contributed by atoms with Gasteiger partial charge in [0.25, 0.3) is 0 Å². The number of hydrogen-bond donors (Lipinski definition) is 2. The minimum Gasteiger partial charge on any atom is -0.497 e. The number of nitrogens with two attached hydrogens (primary N) is 1. The lowest BCUT2D eigenvalue weighted by atomic mass is 10.1. The second kappa shape index (κ2) is 6.27. The van der Waals surface area contributed by atoms with E-state index in [4.69, 9.17) is 15.6 Å². The predicted octanol–water partition coefficient (Wildman–Crippen LogP) is 1.59. The van der Waals surface area contributed by atoms with Crippen molar-refractivity contribution in [1.82, 2.24) is 0 Å². The molecule has 0 spiro atoms. The fraction of sp³-hybridized carbons (Fsp3) is 0.300. The van der Waals surface area contributed by atoms with Crippen molar-refractivity contribution in [3.8, 4) is 5.75 Å². The molecule has 84 valence electrons. The van der Waals surface area contributed by atoms with E-state index in [1.807, 2.05) is 0 Å². The second-order valence-electron chi connectivity index (χ2n) is 2.98. The largest absolute Gasteiger partial charge is 0.497 e. The fourth-order valence-electron chi connectivity index (χ4n) is 1.16. The molecule has 0 unspecified atom stereocenters. The number of carboxylic acids is 1. The number of benzene rings is 1. The number of carboxylic acid groups (broad SMARTS) is 1. The molecule has 3 N–H and O–H groups in total. The van der Waals surface area contributed by atoms with Gasteiger partial charge in [-0.15, -0.1) is 12.4 Å². The molecular weight excluding hydrogens is 218 g/mol. The molecule has 0 radical (unpaired) electrons. The number of halogens is 1. The summed E-state index contributed by atoms with van der Waals surface area (Å²) in [6, 6.07) is 6.60. The van der Waals surface area contributed by atoms with E-state index in [9.17, 15) is 4.79 Å². The molecule has 0 heterocycles. The highest BCUT2D eigenvalue weighted by atomic mass is 35.5. The Morgan fingerprint density at radius 2 is 2.00 bits per heavy atom. The zero-order valence-electron chi connectivity index (χ0n) is 8.34. The summed E-state index contributed by atoms with van der Waals surface area (Å²) in [6.45, 7) is 0. The Hall–Kier alpha value is -1.26. The molecule has 0 aliphatic rings. The summed E-state index contributed by atoms with van der Waals surface area (Å²) in [7, 11) is 1.58. The first kappa shape index (κ1) is 13.7. The maximum Gasteiger partial charge on any atom is 0.305 e. The lowest BCUT2D eigenvalue weighted by Crippen LogP contribution is -2.14. The van der Waals surface area contributed by atoms with Gasteiger partial charge >= 0.3 is 5.97 Å². The van der Waals surface area contributed by atoms with Gasteiger partial charge in [0.15, 0.2) is 0 Å². The first-order valence-corrected chi connectivity index (χ1v) is 4.25. The van der Waals surface area contributed by atoms with E-state index in [0.29, 0.717) is 0 Å². The summed E-state index contributed by atoms with van der Waals surface area (Å²) in [5, 5.41) is 8.54. The molecule has 0 fully saturated rings. The lowest BCUT2D eigenvalue weighted by Gasteiger charge is -2.09. The van der Waals surface area contributed by atoms with Gasteiger partial charge in [0, 0.05) is 6.04 Å². The van der Waals surface area contributed by atoms with Gasteiger partial charge in [-0.05, 0) is 17.7 Å². The van der Waals surface area contributed by atoms with Crippen LogP contribution in [0.4, 0.5) is 0 Å². The van der Waals surface area contributed by atoms with Crippen molar-refractivity contribution in [3.05, 3.63) is 29.8 Å². The zero-order valence-corrected chi connectivity index (χ0v) is 9.16. The maximum absolute atomic E-state index is 10.4. The van der Waals surface area contributed by atoms with Crippen molar-refractivity contribution in [2.45, 2.75) is 12.5 Å². The van der Waals surface area contributed by atoms with Crippen LogP contribution in [0.2, 0.25) is 0 Å². The fourth-order valence-corrected chi connectivity index (χ4v) is 1.16. The highest BCUT2D eigenvalue weighted by Gasteiger charge is 2.09. The van der Waals surface area contributed by atoms with Crippen LogP contribution in [0.15, 0.2) is 24.3 Å². The van der Waals surface area contributed by atoms with Crippen molar-refractivity contribution in [3.63, 3.8) is 0 Å². The van der Waals surface area contributed by atoms with E-state index in [1.54, 1.807) is 31.4 Å².